The molecule has 3 rings (SSSR count). The van der Waals surface area contributed by atoms with E-state index in [9.17, 15) is 9.59 Å². The molecule has 0 unspecified atom stereocenters. The Kier molecular flexibility index (Phi) is 6.16. The zero-order valence-electron chi connectivity index (χ0n) is 14.6. The number of benzene rings is 2. The number of amides is 2. The van der Waals surface area contributed by atoms with Crippen molar-refractivity contribution in [3.63, 3.8) is 0 Å². The molecule has 1 heterocycles. The molecule has 0 aliphatic heterocycles. The van der Waals surface area contributed by atoms with Crippen molar-refractivity contribution in [1.29, 1.82) is 0 Å². The van der Waals surface area contributed by atoms with E-state index in [-0.39, 0.29) is 11.7 Å². The number of anilines is 1. The van der Waals surface area contributed by atoms with Gasteiger partial charge in [-0.15, -0.1) is 23.1 Å². The molecule has 27 heavy (non-hydrogen) atoms. The van der Waals surface area contributed by atoms with Crippen molar-refractivity contribution < 1.29 is 14.3 Å². The quantitative estimate of drug-likeness (QED) is 0.583. The minimum atomic E-state index is -0.563. The van der Waals surface area contributed by atoms with Crippen molar-refractivity contribution in [1.82, 2.24) is 0 Å². The van der Waals surface area contributed by atoms with Crippen LogP contribution in [0.15, 0.2) is 65.6 Å². The maximum Gasteiger partial charge on any atom is 0.251 e. The topological polar surface area (TPSA) is 81.4 Å². The van der Waals surface area contributed by atoms with E-state index >= 15 is 0 Å². The lowest BCUT2D eigenvalue weighted by Crippen LogP contribution is -2.17. The summed E-state index contributed by atoms with van der Waals surface area (Å²) in [5.41, 5.74) is 6.76. The number of ether oxygens (including phenoxy) is 1. The summed E-state index contributed by atoms with van der Waals surface area (Å²) in [5.74, 6) is 0.233. The first-order valence-corrected chi connectivity index (χ1v) is 9.93. The van der Waals surface area contributed by atoms with Crippen LogP contribution in [0.1, 0.15) is 10.4 Å². The van der Waals surface area contributed by atoms with Crippen LogP contribution in [-0.2, 0) is 4.79 Å². The normalized spacial score (nSPS) is 10.4. The van der Waals surface area contributed by atoms with Gasteiger partial charge in [-0.25, -0.2) is 0 Å². The number of thiophene rings is 1. The van der Waals surface area contributed by atoms with Crippen LogP contribution in [0.4, 0.5) is 5.00 Å². The van der Waals surface area contributed by atoms with Gasteiger partial charge in [0.05, 0.1) is 18.4 Å². The number of methoxy groups -OCH3 is 1. The molecule has 138 valence electrons. The zero-order chi connectivity index (χ0) is 19.2. The fourth-order valence-electron chi connectivity index (χ4n) is 2.40. The number of hydrogen-bond donors (Lipinski definition) is 2. The molecule has 0 radical (unpaired) electrons. The summed E-state index contributed by atoms with van der Waals surface area (Å²) in [6.45, 7) is 0. The maximum atomic E-state index is 12.3. The SMILES string of the molecule is COc1ccc(SCC(=O)Nc2sc(-c3ccccc3)cc2C(N)=O)cc1. The Morgan fingerprint density at radius 2 is 1.81 bits per heavy atom. The highest BCUT2D eigenvalue weighted by Crippen LogP contribution is 2.35. The smallest absolute Gasteiger partial charge is 0.251 e. The minimum Gasteiger partial charge on any atom is -0.497 e. The van der Waals surface area contributed by atoms with Gasteiger partial charge in [0.2, 0.25) is 5.91 Å². The van der Waals surface area contributed by atoms with Crippen LogP contribution in [0.2, 0.25) is 0 Å². The van der Waals surface area contributed by atoms with Crippen LogP contribution >= 0.6 is 23.1 Å². The fourth-order valence-corrected chi connectivity index (χ4v) is 4.18. The summed E-state index contributed by atoms with van der Waals surface area (Å²) in [5, 5.41) is 3.28. The summed E-state index contributed by atoms with van der Waals surface area (Å²) in [7, 11) is 1.61. The van der Waals surface area contributed by atoms with E-state index in [4.69, 9.17) is 10.5 Å². The van der Waals surface area contributed by atoms with Crippen molar-refractivity contribution >= 4 is 39.9 Å². The minimum absolute atomic E-state index is 0.195. The van der Waals surface area contributed by atoms with Crippen molar-refractivity contribution in [2.45, 2.75) is 4.90 Å². The lowest BCUT2D eigenvalue weighted by atomic mass is 10.1. The third kappa shape index (κ3) is 4.90. The number of carbonyl (C=O) groups excluding carboxylic acids is 2. The molecule has 5 nitrogen and oxygen atoms in total. The molecule has 0 atom stereocenters. The van der Waals surface area contributed by atoms with Crippen LogP contribution in [0.3, 0.4) is 0 Å². The molecular formula is C20H18N2O3S2. The average molecular weight is 399 g/mol. The van der Waals surface area contributed by atoms with Crippen molar-refractivity contribution in [2.24, 2.45) is 5.73 Å². The maximum absolute atomic E-state index is 12.3. The Balaban J connectivity index is 1.69. The molecule has 0 saturated carbocycles. The predicted octanol–water partition coefficient (Wildman–Crippen LogP) is 4.25. The number of thioether (sulfide) groups is 1. The molecule has 2 amide bonds. The summed E-state index contributed by atoms with van der Waals surface area (Å²) >= 11 is 2.74. The van der Waals surface area contributed by atoms with E-state index in [2.05, 4.69) is 5.32 Å². The average Bonchev–Trinajstić information content (AvgIpc) is 3.11. The van der Waals surface area contributed by atoms with Crippen LogP contribution in [0.25, 0.3) is 10.4 Å². The number of hydrogen-bond acceptors (Lipinski definition) is 5. The third-order valence-electron chi connectivity index (χ3n) is 3.74. The second-order valence-corrected chi connectivity index (χ2v) is 7.70. The number of nitrogens with two attached hydrogens (primary N) is 1. The van der Waals surface area contributed by atoms with Gasteiger partial charge in [-0.05, 0) is 35.9 Å². The van der Waals surface area contributed by atoms with Crippen LogP contribution in [-0.4, -0.2) is 24.7 Å². The largest absolute Gasteiger partial charge is 0.497 e. The first-order chi connectivity index (χ1) is 13.1. The monoisotopic (exact) mass is 398 g/mol. The molecule has 3 aromatic rings. The van der Waals surface area contributed by atoms with Crippen LogP contribution < -0.4 is 15.8 Å². The van der Waals surface area contributed by atoms with Gasteiger partial charge in [0.25, 0.3) is 5.91 Å². The van der Waals surface area contributed by atoms with Gasteiger partial charge in [-0.1, -0.05) is 30.3 Å². The van der Waals surface area contributed by atoms with Gasteiger partial charge in [-0.2, -0.15) is 0 Å². The van der Waals surface area contributed by atoms with E-state index in [1.165, 1.54) is 23.1 Å². The number of nitrogens with one attached hydrogen (secondary N) is 1. The van der Waals surface area contributed by atoms with Gasteiger partial charge in [0.1, 0.15) is 10.8 Å². The second-order valence-electron chi connectivity index (χ2n) is 5.60. The summed E-state index contributed by atoms with van der Waals surface area (Å²) < 4.78 is 5.12. The van der Waals surface area contributed by atoms with E-state index in [1.54, 1.807) is 13.2 Å². The van der Waals surface area contributed by atoms with Gasteiger partial charge in [-0.3, -0.25) is 9.59 Å². The standard InChI is InChI=1S/C20H18N2O3S2/c1-25-14-7-9-15(10-8-14)26-12-18(23)22-20-16(19(21)24)11-17(27-20)13-5-3-2-4-6-13/h2-11H,12H2,1H3,(H2,21,24)(H,22,23). The van der Waals surface area contributed by atoms with E-state index in [0.717, 1.165) is 21.1 Å². The molecule has 0 fully saturated rings. The second kappa shape index (κ2) is 8.75. The Bertz CT molecular complexity index is 938. The first-order valence-electron chi connectivity index (χ1n) is 8.12. The van der Waals surface area contributed by atoms with Crippen LogP contribution in [0, 0.1) is 0 Å². The number of rotatable bonds is 7. The summed E-state index contributed by atoms with van der Waals surface area (Å²) in [6, 6.07) is 18.8. The molecule has 2 aromatic carbocycles. The molecule has 0 saturated heterocycles. The van der Waals surface area contributed by atoms with Gasteiger partial charge >= 0.3 is 0 Å². The lowest BCUT2D eigenvalue weighted by Gasteiger charge is -2.05. The Morgan fingerprint density at radius 1 is 1.11 bits per heavy atom. The Hall–Kier alpha value is -2.77. The Labute approximate surface area is 165 Å². The molecule has 0 spiro atoms. The number of carbonyl (C=O) groups is 2. The molecule has 7 heteroatoms. The molecule has 0 aliphatic carbocycles. The van der Waals surface area contributed by atoms with Crippen molar-refractivity contribution in [2.75, 3.05) is 18.2 Å². The van der Waals surface area contributed by atoms with Crippen LogP contribution in [0.5, 0.6) is 5.75 Å². The molecule has 0 bridgehead atoms. The molecule has 0 aliphatic rings. The first kappa shape index (κ1) is 19.0. The highest BCUT2D eigenvalue weighted by atomic mass is 32.2. The van der Waals surface area contributed by atoms with E-state index in [1.807, 2.05) is 54.6 Å². The number of primary amides is 1. The molecule has 3 N–H and O–H groups in total. The fraction of sp³-hybridized carbons (Fsp3) is 0.100. The van der Waals surface area contributed by atoms with E-state index in [0.29, 0.717) is 10.6 Å². The van der Waals surface area contributed by atoms with Crippen molar-refractivity contribution in [3.8, 4) is 16.2 Å². The van der Waals surface area contributed by atoms with Crippen molar-refractivity contribution in [3.05, 3.63) is 66.2 Å². The highest BCUT2D eigenvalue weighted by molar-refractivity contribution is 8.00. The summed E-state index contributed by atoms with van der Waals surface area (Å²) in [4.78, 5) is 25.9. The molecular weight excluding hydrogens is 380 g/mol. The predicted molar refractivity (Wildman–Crippen MR) is 111 cm³/mol. The summed E-state index contributed by atoms with van der Waals surface area (Å²) in [6.07, 6.45) is 0. The van der Waals surface area contributed by atoms with Gasteiger partial charge in [0, 0.05) is 9.77 Å². The zero-order valence-corrected chi connectivity index (χ0v) is 16.2. The van der Waals surface area contributed by atoms with Gasteiger partial charge < -0.3 is 15.8 Å². The third-order valence-corrected chi connectivity index (χ3v) is 5.85. The molecule has 1 aromatic heterocycles. The highest BCUT2D eigenvalue weighted by Gasteiger charge is 2.17. The van der Waals surface area contributed by atoms with Gasteiger partial charge in [0.15, 0.2) is 0 Å². The Morgan fingerprint density at radius 3 is 2.44 bits per heavy atom. The lowest BCUT2D eigenvalue weighted by molar-refractivity contribution is -0.113. The van der Waals surface area contributed by atoms with E-state index < -0.39 is 5.91 Å².